The van der Waals surface area contributed by atoms with Gasteiger partial charge in [-0.15, -0.1) is 0 Å². The van der Waals surface area contributed by atoms with Crippen molar-refractivity contribution in [2.45, 2.75) is 69.5 Å². The number of methoxy groups -OCH3 is 2. The topological polar surface area (TPSA) is 169 Å². The summed E-state index contributed by atoms with van der Waals surface area (Å²) in [6, 6.07) is -1.78. The molecule has 12 nitrogen and oxygen atoms in total. The van der Waals surface area contributed by atoms with Gasteiger partial charge in [-0.1, -0.05) is 61.4 Å². The van der Waals surface area contributed by atoms with E-state index in [2.05, 4.69) is 21.3 Å². The fourth-order valence-corrected chi connectivity index (χ4v) is 8.43. The lowest BCUT2D eigenvalue weighted by Gasteiger charge is -2.30. The smallest absolute Gasteiger partial charge is 0.321 e. The van der Waals surface area contributed by atoms with Gasteiger partial charge in [-0.3, -0.25) is 28.8 Å². The second kappa shape index (κ2) is 15.8. The number of carbonyl (C=O) groups excluding carboxylic acids is 6. The van der Waals surface area contributed by atoms with Gasteiger partial charge < -0.3 is 30.7 Å². The standard InChI is InChI=1S/C29H44N4O8S2/c1-14(2)9-18-24(34)30-12-20(28(38)40-5)42-43-21(29(39)41-6)13-31-25(35)19(10-15(3)4)33-27(37)23-17-8-7-16(11-17)22(23)26(36)32-18/h7-8,14-23H,9-13H2,1-6H3,(H,30,34)(H,31,35)(H,32,36)(H,33,37)/t16-,17+,18+,19?,20?,21?,22-,23+/m1/s1. The van der Waals surface area contributed by atoms with Gasteiger partial charge in [0.2, 0.25) is 23.6 Å². The van der Waals surface area contributed by atoms with Crippen LogP contribution >= 0.6 is 21.6 Å². The Kier molecular flexibility index (Phi) is 12.8. The SMILES string of the molecule is COC(=O)C1CNC(=O)C(CC(C)C)NC(=O)[C@@H]2[C@H](C(=O)N[C@@H](CC(C)C)C(=O)NCC(C(=O)OC)SS1)[C@@H]1C=C[C@H]2C1. The third-order valence-electron chi connectivity index (χ3n) is 7.88. The summed E-state index contributed by atoms with van der Waals surface area (Å²) in [5.41, 5.74) is 0. The van der Waals surface area contributed by atoms with Crippen LogP contribution in [0.4, 0.5) is 0 Å². The van der Waals surface area contributed by atoms with Crippen LogP contribution in [0.2, 0.25) is 0 Å². The average Bonchev–Trinajstić information content (AvgIpc) is 3.58. The Morgan fingerprint density at radius 2 is 1.09 bits per heavy atom. The van der Waals surface area contributed by atoms with Gasteiger partial charge >= 0.3 is 11.9 Å². The third-order valence-corrected chi connectivity index (χ3v) is 10.9. The molecular weight excluding hydrogens is 596 g/mol. The maximum absolute atomic E-state index is 13.7. The summed E-state index contributed by atoms with van der Waals surface area (Å²) < 4.78 is 9.84. The van der Waals surface area contributed by atoms with Gasteiger partial charge in [0, 0.05) is 13.1 Å². The van der Waals surface area contributed by atoms with Crippen molar-refractivity contribution in [1.29, 1.82) is 0 Å². The zero-order chi connectivity index (χ0) is 31.8. The maximum atomic E-state index is 13.7. The van der Waals surface area contributed by atoms with E-state index in [1.54, 1.807) is 0 Å². The zero-order valence-electron chi connectivity index (χ0n) is 25.5. The van der Waals surface area contributed by atoms with Crippen LogP contribution in [0.3, 0.4) is 0 Å². The molecule has 0 radical (unpaired) electrons. The molecular formula is C29H44N4O8S2. The number of rotatable bonds is 6. The first-order valence-electron chi connectivity index (χ1n) is 14.7. The normalized spacial score (nSPS) is 32.2. The van der Waals surface area contributed by atoms with Crippen molar-refractivity contribution in [1.82, 2.24) is 21.3 Å². The molecule has 2 aliphatic carbocycles. The molecule has 1 heterocycles. The van der Waals surface area contributed by atoms with Gasteiger partial charge in [0.25, 0.3) is 0 Å². The van der Waals surface area contributed by atoms with E-state index < -0.39 is 58.2 Å². The van der Waals surface area contributed by atoms with Crippen molar-refractivity contribution in [3.63, 3.8) is 0 Å². The van der Waals surface area contributed by atoms with E-state index in [0.29, 0.717) is 19.3 Å². The first kappa shape index (κ1) is 34.7. The van der Waals surface area contributed by atoms with Crippen molar-refractivity contribution in [2.24, 2.45) is 35.5 Å². The highest BCUT2D eigenvalue weighted by atomic mass is 33.1. The highest BCUT2D eigenvalue weighted by Crippen LogP contribution is 2.48. The predicted octanol–water partition coefficient (Wildman–Crippen LogP) is 1.20. The molecule has 0 aromatic heterocycles. The second-order valence-corrected chi connectivity index (χ2v) is 14.8. The van der Waals surface area contributed by atoms with Crippen molar-refractivity contribution in [2.75, 3.05) is 27.3 Å². The van der Waals surface area contributed by atoms with Gasteiger partial charge in [0.15, 0.2) is 0 Å². The minimum absolute atomic E-state index is 0.0605. The summed E-state index contributed by atoms with van der Waals surface area (Å²) in [4.78, 5) is 79.3. The van der Waals surface area contributed by atoms with Crippen LogP contribution in [0, 0.1) is 35.5 Å². The van der Waals surface area contributed by atoms with E-state index >= 15 is 0 Å². The highest BCUT2D eigenvalue weighted by Gasteiger charge is 2.52. The molecule has 0 aromatic carbocycles. The van der Waals surface area contributed by atoms with Gasteiger partial charge in [-0.05, 0) is 42.9 Å². The number of amides is 4. The van der Waals surface area contributed by atoms with E-state index in [1.807, 2.05) is 39.8 Å². The molecule has 43 heavy (non-hydrogen) atoms. The highest BCUT2D eigenvalue weighted by molar-refractivity contribution is 8.77. The lowest BCUT2D eigenvalue weighted by Crippen LogP contribution is -2.55. The van der Waals surface area contributed by atoms with Crippen LogP contribution in [0.5, 0.6) is 0 Å². The molecule has 1 saturated carbocycles. The van der Waals surface area contributed by atoms with Crippen molar-refractivity contribution >= 4 is 57.2 Å². The van der Waals surface area contributed by atoms with Crippen LogP contribution in [0.15, 0.2) is 12.2 Å². The number of allylic oxidation sites excluding steroid dienone is 2. The van der Waals surface area contributed by atoms with Crippen LogP contribution in [0.25, 0.3) is 0 Å². The molecule has 14 heteroatoms. The number of ether oxygens (including phenoxy) is 2. The van der Waals surface area contributed by atoms with Gasteiger partial charge in [-0.2, -0.15) is 0 Å². The molecule has 0 aromatic rings. The Hall–Kier alpha value is -2.74. The fraction of sp³-hybridized carbons (Fsp3) is 0.724. The molecule has 3 aliphatic rings. The van der Waals surface area contributed by atoms with Crippen LogP contribution < -0.4 is 21.3 Å². The maximum Gasteiger partial charge on any atom is 0.321 e. The molecule has 2 bridgehead atoms. The number of nitrogens with one attached hydrogen (secondary N) is 4. The molecule has 4 amide bonds. The van der Waals surface area contributed by atoms with E-state index in [-0.39, 0.29) is 48.6 Å². The molecule has 0 spiro atoms. The Balaban J connectivity index is 1.97. The monoisotopic (exact) mass is 640 g/mol. The average molecular weight is 641 g/mol. The van der Waals surface area contributed by atoms with Crippen LogP contribution in [-0.4, -0.2) is 85.5 Å². The van der Waals surface area contributed by atoms with E-state index in [1.165, 1.54) is 14.2 Å². The fourth-order valence-electron chi connectivity index (χ4n) is 5.82. The minimum atomic E-state index is -0.892. The number of carbonyl (C=O) groups is 6. The molecule has 1 saturated heterocycles. The first-order chi connectivity index (χ1) is 20.4. The summed E-state index contributed by atoms with van der Waals surface area (Å²) in [5.74, 6) is -4.52. The predicted molar refractivity (Wildman–Crippen MR) is 163 cm³/mol. The number of hydrogen-bond donors (Lipinski definition) is 4. The molecule has 3 rings (SSSR count). The lowest BCUT2D eigenvalue weighted by molar-refractivity contribution is -0.141. The third kappa shape index (κ3) is 9.13. The summed E-state index contributed by atoms with van der Waals surface area (Å²) >= 11 is 0. The summed E-state index contributed by atoms with van der Waals surface area (Å²) in [7, 11) is 4.48. The molecule has 3 unspecified atom stereocenters. The summed E-state index contributed by atoms with van der Waals surface area (Å²) in [6.07, 6.45) is 5.22. The second-order valence-electron chi connectivity index (χ2n) is 12.1. The van der Waals surface area contributed by atoms with Gasteiger partial charge in [-0.25, -0.2) is 0 Å². The molecule has 4 N–H and O–H groups in total. The molecule has 8 atom stereocenters. The minimum Gasteiger partial charge on any atom is -0.468 e. The summed E-state index contributed by atoms with van der Waals surface area (Å²) in [6.45, 7) is 7.48. The quantitative estimate of drug-likeness (QED) is 0.188. The van der Waals surface area contributed by atoms with Crippen molar-refractivity contribution in [3.05, 3.63) is 12.2 Å². The van der Waals surface area contributed by atoms with Crippen molar-refractivity contribution in [3.8, 4) is 0 Å². The largest absolute Gasteiger partial charge is 0.468 e. The van der Waals surface area contributed by atoms with Crippen LogP contribution in [0.1, 0.15) is 47.0 Å². The Labute approximate surface area is 260 Å². The van der Waals surface area contributed by atoms with Gasteiger partial charge in [0.05, 0.1) is 26.1 Å². The Morgan fingerprint density at radius 1 is 0.721 bits per heavy atom. The Morgan fingerprint density at radius 3 is 1.42 bits per heavy atom. The lowest BCUT2D eigenvalue weighted by atomic mass is 9.81. The summed E-state index contributed by atoms with van der Waals surface area (Å²) in [5, 5.41) is 9.50. The molecule has 240 valence electrons. The molecule has 2 fully saturated rings. The van der Waals surface area contributed by atoms with E-state index in [4.69, 9.17) is 9.47 Å². The van der Waals surface area contributed by atoms with Crippen molar-refractivity contribution < 1.29 is 38.2 Å². The van der Waals surface area contributed by atoms with Crippen LogP contribution in [-0.2, 0) is 38.2 Å². The zero-order valence-corrected chi connectivity index (χ0v) is 27.2. The molecule has 1 aliphatic heterocycles. The number of hydrogen-bond acceptors (Lipinski definition) is 10. The number of fused-ring (bicyclic) bond motifs is 5. The van der Waals surface area contributed by atoms with E-state index in [9.17, 15) is 28.8 Å². The van der Waals surface area contributed by atoms with E-state index in [0.717, 1.165) is 21.6 Å². The Bertz CT molecular complexity index is 1020. The van der Waals surface area contributed by atoms with Gasteiger partial charge in [0.1, 0.15) is 22.6 Å². The number of esters is 2. The first-order valence-corrected chi connectivity index (χ1v) is 17.0.